The molecule has 0 rings (SSSR count). The fraction of sp³-hybridized carbons (Fsp3) is 0.700. The van der Waals surface area contributed by atoms with E-state index in [0.29, 0.717) is 0 Å². The summed E-state index contributed by atoms with van der Waals surface area (Å²) in [5, 5.41) is 26.0. The molecule has 4 amide bonds. The van der Waals surface area contributed by atoms with Crippen molar-refractivity contribution < 1.29 is 34.2 Å². The first-order valence-electron chi connectivity index (χ1n) is 11.1. The Kier molecular flexibility index (Phi) is 13.9. The van der Waals surface area contributed by atoms with Gasteiger partial charge < -0.3 is 49.1 Å². The van der Waals surface area contributed by atoms with Gasteiger partial charge >= 0.3 is 5.97 Å². The summed E-state index contributed by atoms with van der Waals surface area (Å²) in [4.78, 5) is 64.6. The molecule has 200 valence electrons. The van der Waals surface area contributed by atoms with Crippen molar-refractivity contribution in [2.24, 2.45) is 33.8 Å². The van der Waals surface area contributed by atoms with Crippen LogP contribution >= 0.6 is 0 Å². The smallest absolute Gasteiger partial charge is 0.326 e. The number of guanidine groups is 1. The van der Waals surface area contributed by atoms with Crippen molar-refractivity contribution in [1.82, 2.24) is 16.0 Å². The van der Waals surface area contributed by atoms with Gasteiger partial charge in [-0.2, -0.15) is 0 Å². The minimum Gasteiger partial charge on any atom is -0.480 e. The quantitative estimate of drug-likeness (QED) is 0.0563. The number of carbonyl (C=O) groups excluding carboxylic acids is 4. The number of hydrogen-bond donors (Lipinski definition) is 9. The van der Waals surface area contributed by atoms with E-state index in [1.54, 1.807) is 13.8 Å². The van der Waals surface area contributed by atoms with Gasteiger partial charge in [0, 0.05) is 6.54 Å². The maximum Gasteiger partial charge on any atom is 0.326 e. The fourth-order valence-corrected chi connectivity index (χ4v) is 2.91. The zero-order valence-corrected chi connectivity index (χ0v) is 20.2. The highest BCUT2D eigenvalue weighted by Crippen LogP contribution is 2.08. The molecule has 5 atom stereocenters. The Morgan fingerprint density at radius 3 is 1.83 bits per heavy atom. The largest absolute Gasteiger partial charge is 0.480 e. The van der Waals surface area contributed by atoms with Gasteiger partial charge in [-0.05, 0) is 32.1 Å². The van der Waals surface area contributed by atoms with E-state index >= 15 is 0 Å². The standard InChI is InChI=1S/C20H38N8O7/c1-9(2)7-12(16(31)26-11(19(34)35)5-4-6-25-20(23)24)27-17(32)13(8-14(21)30)28-18(33)15(22)10(3)29/h9-13,15,29H,4-8,22H2,1-3H3,(H2,21,30)(H,26,31)(H,27,32)(H,28,33)(H,34,35)(H4,23,24,25). The zero-order valence-electron chi connectivity index (χ0n) is 20.2. The van der Waals surface area contributed by atoms with Crippen LogP contribution in [-0.2, 0) is 24.0 Å². The van der Waals surface area contributed by atoms with E-state index in [4.69, 9.17) is 22.9 Å². The van der Waals surface area contributed by atoms with Crippen molar-refractivity contribution in [3.8, 4) is 0 Å². The molecule has 0 saturated carbocycles. The molecule has 0 aromatic rings. The van der Waals surface area contributed by atoms with E-state index in [1.807, 2.05) is 0 Å². The van der Waals surface area contributed by atoms with Crippen LogP contribution in [0, 0.1) is 5.92 Å². The normalized spacial score (nSPS) is 15.1. The molecule has 15 nitrogen and oxygen atoms in total. The molecule has 0 fully saturated rings. The minimum atomic E-state index is -1.47. The number of aliphatic hydroxyl groups excluding tert-OH is 1. The molecule has 0 aliphatic heterocycles. The molecule has 5 unspecified atom stereocenters. The first-order chi connectivity index (χ1) is 16.1. The number of carboxylic acid groups (broad SMARTS) is 1. The number of aliphatic carboxylic acids is 1. The summed E-state index contributed by atoms with van der Waals surface area (Å²) < 4.78 is 0. The van der Waals surface area contributed by atoms with Crippen LogP contribution in [0.1, 0.15) is 46.5 Å². The molecule has 0 heterocycles. The van der Waals surface area contributed by atoms with Crippen LogP contribution < -0.4 is 38.9 Å². The maximum atomic E-state index is 12.8. The van der Waals surface area contributed by atoms with Crippen molar-refractivity contribution in [3.05, 3.63) is 0 Å². The lowest BCUT2D eigenvalue weighted by Crippen LogP contribution is -2.58. The first kappa shape index (κ1) is 31.5. The molecule has 13 N–H and O–H groups in total. The van der Waals surface area contributed by atoms with Gasteiger partial charge in [-0.15, -0.1) is 0 Å². The number of aliphatic imine (C=N–C) groups is 1. The van der Waals surface area contributed by atoms with Gasteiger partial charge in [0.25, 0.3) is 0 Å². The Hall–Kier alpha value is -3.46. The summed E-state index contributed by atoms with van der Waals surface area (Å²) in [6, 6.07) is -5.29. The summed E-state index contributed by atoms with van der Waals surface area (Å²) in [6.07, 6.45) is -1.40. The van der Waals surface area contributed by atoms with Crippen LogP contribution in [0.2, 0.25) is 0 Å². The monoisotopic (exact) mass is 502 g/mol. The maximum absolute atomic E-state index is 12.8. The van der Waals surface area contributed by atoms with Crippen molar-refractivity contribution in [1.29, 1.82) is 0 Å². The molecule has 0 aliphatic carbocycles. The topological polar surface area (TPSA) is 278 Å². The number of aliphatic hydroxyl groups is 1. The average molecular weight is 503 g/mol. The molecule has 0 aliphatic rings. The van der Waals surface area contributed by atoms with Crippen LogP contribution in [-0.4, -0.2) is 82.6 Å². The van der Waals surface area contributed by atoms with Gasteiger partial charge in [0.15, 0.2) is 5.96 Å². The van der Waals surface area contributed by atoms with Gasteiger partial charge in [-0.25, -0.2) is 4.79 Å². The summed E-state index contributed by atoms with van der Waals surface area (Å²) in [5.41, 5.74) is 21.2. The molecular weight excluding hydrogens is 464 g/mol. The molecule has 35 heavy (non-hydrogen) atoms. The van der Waals surface area contributed by atoms with Crippen LogP contribution in [0.4, 0.5) is 0 Å². The van der Waals surface area contributed by atoms with E-state index < -0.39 is 66.3 Å². The molecule has 0 saturated heterocycles. The number of carbonyl (C=O) groups is 5. The van der Waals surface area contributed by atoms with Gasteiger partial charge in [-0.3, -0.25) is 24.2 Å². The molecule has 15 heteroatoms. The highest BCUT2D eigenvalue weighted by Gasteiger charge is 2.32. The molecule has 0 bridgehead atoms. The van der Waals surface area contributed by atoms with Gasteiger partial charge in [0.1, 0.15) is 24.2 Å². The number of rotatable bonds is 16. The molecule has 0 aromatic carbocycles. The zero-order chi connectivity index (χ0) is 27.3. The summed E-state index contributed by atoms with van der Waals surface area (Å²) in [7, 11) is 0. The Morgan fingerprint density at radius 1 is 0.857 bits per heavy atom. The van der Waals surface area contributed by atoms with Crippen molar-refractivity contribution in [3.63, 3.8) is 0 Å². The van der Waals surface area contributed by atoms with Gasteiger partial charge in [-0.1, -0.05) is 13.8 Å². The van der Waals surface area contributed by atoms with Crippen molar-refractivity contribution in [2.45, 2.75) is 76.7 Å². The molecule has 0 spiro atoms. The lowest BCUT2D eigenvalue weighted by atomic mass is 10.0. The Balaban J connectivity index is 5.49. The highest BCUT2D eigenvalue weighted by atomic mass is 16.4. The third-order valence-corrected chi connectivity index (χ3v) is 4.76. The van der Waals surface area contributed by atoms with Crippen LogP contribution in [0.3, 0.4) is 0 Å². The number of nitrogens with one attached hydrogen (secondary N) is 3. The average Bonchev–Trinajstić information content (AvgIpc) is 2.72. The fourth-order valence-electron chi connectivity index (χ4n) is 2.91. The van der Waals surface area contributed by atoms with Gasteiger partial charge in [0.2, 0.25) is 23.6 Å². The summed E-state index contributed by atoms with van der Waals surface area (Å²) in [6.45, 7) is 4.99. The van der Waals surface area contributed by atoms with Crippen molar-refractivity contribution >= 4 is 35.6 Å². The number of nitrogens with two attached hydrogens (primary N) is 4. The lowest BCUT2D eigenvalue weighted by Gasteiger charge is -2.26. The van der Waals surface area contributed by atoms with Gasteiger partial charge in [0.05, 0.1) is 12.5 Å². The highest BCUT2D eigenvalue weighted by molar-refractivity contribution is 5.96. The van der Waals surface area contributed by atoms with Crippen molar-refractivity contribution in [2.75, 3.05) is 6.54 Å². The second kappa shape index (κ2) is 15.4. The predicted molar refractivity (Wildman–Crippen MR) is 126 cm³/mol. The molecular formula is C20H38N8O7. The number of primary amides is 1. The Bertz CT molecular complexity index is 783. The molecule has 0 radical (unpaired) electrons. The number of carboxylic acids is 1. The Labute approximate surface area is 203 Å². The third kappa shape index (κ3) is 13.1. The van der Waals surface area contributed by atoms with E-state index in [2.05, 4.69) is 20.9 Å². The summed E-state index contributed by atoms with van der Waals surface area (Å²) >= 11 is 0. The van der Waals surface area contributed by atoms with E-state index in [-0.39, 0.29) is 37.7 Å². The van der Waals surface area contributed by atoms with E-state index in [0.717, 1.165) is 0 Å². The molecule has 0 aromatic heterocycles. The van der Waals surface area contributed by atoms with E-state index in [9.17, 15) is 34.2 Å². The SMILES string of the molecule is CC(C)CC(NC(=O)C(CC(N)=O)NC(=O)C(N)C(C)O)C(=O)NC(CCCN=C(N)N)C(=O)O. The first-order valence-corrected chi connectivity index (χ1v) is 11.1. The summed E-state index contributed by atoms with van der Waals surface area (Å²) in [5.74, 6) is -5.02. The second-order valence-electron chi connectivity index (χ2n) is 8.54. The lowest BCUT2D eigenvalue weighted by molar-refractivity contribution is -0.142. The van der Waals surface area contributed by atoms with Crippen LogP contribution in [0.25, 0.3) is 0 Å². The van der Waals surface area contributed by atoms with E-state index in [1.165, 1.54) is 6.92 Å². The predicted octanol–water partition coefficient (Wildman–Crippen LogP) is -3.79. The number of amides is 4. The third-order valence-electron chi connectivity index (χ3n) is 4.76. The number of nitrogens with zero attached hydrogens (tertiary/aromatic N) is 1. The minimum absolute atomic E-state index is 0.0256. The Morgan fingerprint density at radius 2 is 1.37 bits per heavy atom. The van der Waals surface area contributed by atoms with Crippen LogP contribution in [0.5, 0.6) is 0 Å². The second-order valence-corrected chi connectivity index (χ2v) is 8.54. The van der Waals surface area contributed by atoms with Crippen LogP contribution in [0.15, 0.2) is 4.99 Å². The number of hydrogen-bond acceptors (Lipinski definition) is 8.